The summed E-state index contributed by atoms with van der Waals surface area (Å²) >= 11 is 0. The van der Waals surface area contributed by atoms with Crippen molar-refractivity contribution >= 4 is 5.91 Å². The lowest BCUT2D eigenvalue weighted by molar-refractivity contribution is -0.132. The molecule has 1 amide bonds. The number of unbranched alkanes of at least 4 members (excludes halogenated alkanes) is 39. The van der Waals surface area contributed by atoms with Gasteiger partial charge in [0.05, 0.1) is 18.8 Å². The molecule has 0 aromatic rings. The normalized spacial score (nSPS) is 13.9. The van der Waals surface area contributed by atoms with E-state index < -0.39 is 36.9 Å². The van der Waals surface area contributed by atoms with Crippen LogP contribution in [0.15, 0.2) is 12.2 Å². The zero-order valence-corrected chi connectivity index (χ0v) is 40.5. The zero-order chi connectivity index (χ0) is 43.8. The standard InChI is InChI=1S/C54H107NO5/c1-3-5-7-9-11-13-15-17-19-21-23-24-25-26-27-28-29-30-32-34-36-38-40-42-44-46-48-52(58)54(60)55-50(49-56)53(59)51(57)47-45-43-41-39-37-35-33-31-22-20-18-16-14-12-10-8-6-4-2/h26-27,50-53,56-59H,3-25,28-49H2,1-2H3,(H,55,60)/b27-26-. The van der Waals surface area contributed by atoms with Crippen LogP contribution in [0.4, 0.5) is 0 Å². The van der Waals surface area contributed by atoms with Gasteiger partial charge in [0.2, 0.25) is 5.91 Å². The lowest BCUT2D eigenvalue weighted by Gasteiger charge is -2.27. The van der Waals surface area contributed by atoms with Crippen molar-refractivity contribution in [2.45, 2.75) is 321 Å². The van der Waals surface area contributed by atoms with Gasteiger partial charge in [0.25, 0.3) is 0 Å². The Hall–Kier alpha value is -0.950. The van der Waals surface area contributed by atoms with Crippen LogP contribution in [0.3, 0.4) is 0 Å². The molecular formula is C54H107NO5. The zero-order valence-electron chi connectivity index (χ0n) is 40.5. The monoisotopic (exact) mass is 850 g/mol. The third-order valence-electron chi connectivity index (χ3n) is 13.0. The first kappa shape index (κ1) is 59.0. The largest absolute Gasteiger partial charge is 0.394 e. The van der Waals surface area contributed by atoms with E-state index in [2.05, 4.69) is 31.3 Å². The molecule has 0 fully saturated rings. The van der Waals surface area contributed by atoms with E-state index in [1.807, 2.05) is 0 Å². The van der Waals surface area contributed by atoms with E-state index in [9.17, 15) is 25.2 Å². The first-order valence-electron chi connectivity index (χ1n) is 27.1. The third-order valence-corrected chi connectivity index (χ3v) is 13.0. The van der Waals surface area contributed by atoms with E-state index >= 15 is 0 Å². The fourth-order valence-electron chi connectivity index (χ4n) is 8.70. The minimum absolute atomic E-state index is 0.371. The van der Waals surface area contributed by atoms with Crippen molar-refractivity contribution in [3.05, 3.63) is 12.2 Å². The number of carbonyl (C=O) groups is 1. The fourth-order valence-corrected chi connectivity index (χ4v) is 8.70. The minimum atomic E-state index is -1.26. The summed E-state index contributed by atoms with van der Waals surface area (Å²) in [7, 11) is 0. The Morgan fingerprint density at radius 2 is 0.667 bits per heavy atom. The summed E-state index contributed by atoms with van der Waals surface area (Å²) in [4.78, 5) is 12.6. The summed E-state index contributed by atoms with van der Waals surface area (Å²) in [6.45, 7) is 4.09. The van der Waals surface area contributed by atoms with E-state index in [1.165, 1.54) is 231 Å². The van der Waals surface area contributed by atoms with Gasteiger partial charge >= 0.3 is 0 Å². The molecule has 5 N–H and O–H groups in total. The molecule has 6 heteroatoms. The van der Waals surface area contributed by atoms with Crippen molar-refractivity contribution in [1.82, 2.24) is 5.32 Å². The molecule has 4 atom stereocenters. The fraction of sp³-hybridized carbons (Fsp3) is 0.944. The van der Waals surface area contributed by atoms with Gasteiger partial charge in [-0.1, -0.05) is 270 Å². The maximum atomic E-state index is 12.6. The number of aliphatic hydroxyl groups excluding tert-OH is 4. The summed E-state index contributed by atoms with van der Waals surface area (Å²) in [6, 6.07) is -0.983. The third kappa shape index (κ3) is 42.4. The van der Waals surface area contributed by atoms with Crippen LogP contribution in [0, 0.1) is 0 Å². The predicted octanol–water partition coefficient (Wildman–Crippen LogP) is 15.3. The van der Waals surface area contributed by atoms with E-state index in [0.717, 1.165) is 38.5 Å². The van der Waals surface area contributed by atoms with Crippen LogP contribution in [0.5, 0.6) is 0 Å². The number of carbonyl (C=O) groups excluding carboxylic acids is 1. The van der Waals surface area contributed by atoms with Crippen molar-refractivity contribution < 1.29 is 25.2 Å². The van der Waals surface area contributed by atoms with Gasteiger partial charge in [0.1, 0.15) is 12.2 Å². The molecule has 60 heavy (non-hydrogen) atoms. The van der Waals surface area contributed by atoms with Crippen LogP contribution in [0.2, 0.25) is 0 Å². The average molecular weight is 850 g/mol. The predicted molar refractivity (Wildman–Crippen MR) is 261 cm³/mol. The van der Waals surface area contributed by atoms with E-state index in [1.54, 1.807) is 0 Å². The Kier molecular flexibility index (Phi) is 48.3. The van der Waals surface area contributed by atoms with Gasteiger partial charge in [-0.15, -0.1) is 0 Å². The first-order chi connectivity index (χ1) is 29.5. The number of hydrogen-bond acceptors (Lipinski definition) is 5. The molecule has 0 saturated heterocycles. The number of amides is 1. The quantitative estimate of drug-likeness (QED) is 0.0309. The van der Waals surface area contributed by atoms with E-state index in [4.69, 9.17) is 0 Å². The molecule has 0 spiro atoms. The molecule has 4 unspecified atom stereocenters. The van der Waals surface area contributed by atoms with Crippen molar-refractivity contribution in [2.24, 2.45) is 0 Å². The second kappa shape index (κ2) is 49.1. The van der Waals surface area contributed by atoms with Gasteiger partial charge in [-0.3, -0.25) is 4.79 Å². The summed E-state index contributed by atoms with van der Waals surface area (Å²) in [5, 5.41) is 43.9. The molecular weight excluding hydrogens is 743 g/mol. The molecule has 6 nitrogen and oxygen atoms in total. The summed E-state index contributed by atoms with van der Waals surface area (Å²) in [5.41, 5.74) is 0. The van der Waals surface area contributed by atoms with Crippen molar-refractivity contribution in [3.8, 4) is 0 Å². The van der Waals surface area contributed by atoms with Crippen LogP contribution < -0.4 is 5.32 Å². The lowest BCUT2D eigenvalue weighted by atomic mass is 9.99. The lowest BCUT2D eigenvalue weighted by Crippen LogP contribution is -2.53. The maximum absolute atomic E-state index is 12.6. The molecule has 0 heterocycles. The topological polar surface area (TPSA) is 110 Å². The second-order valence-electron chi connectivity index (χ2n) is 18.9. The second-order valence-corrected chi connectivity index (χ2v) is 18.9. The highest BCUT2D eigenvalue weighted by Crippen LogP contribution is 2.18. The summed E-state index contributed by atoms with van der Waals surface area (Å²) in [6.07, 6.45) is 57.0. The molecule has 0 radical (unpaired) electrons. The van der Waals surface area contributed by atoms with Crippen LogP contribution in [0.25, 0.3) is 0 Å². The summed E-state index contributed by atoms with van der Waals surface area (Å²) < 4.78 is 0. The number of aliphatic hydroxyl groups is 4. The molecule has 358 valence electrons. The van der Waals surface area contributed by atoms with Gasteiger partial charge in [-0.2, -0.15) is 0 Å². The van der Waals surface area contributed by atoms with Crippen molar-refractivity contribution in [3.63, 3.8) is 0 Å². The molecule has 0 aromatic carbocycles. The van der Waals surface area contributed by atoms with Crippen LogP contribution in [-0.2, 0) is 4.79 Å². The van der Waals surface area contributed by atoms with Crippen LogP contribution in [-0.4, -0.2) is 57.3 Å². The van der Waals surface area contributed by atoms with Crippen LogP contribution in [0.1, 0.15) is 296 Å². The van der Waals surface area contributed by atoms with Gasteiger partial charge in [-0.25, -0.2) is 0 Å². The van der Waals surface area contributed by atoms with Crippen molar-refractivity contribution in [1.29, 1.82) is 0 Å². The van der Waals surface area contributed by atoms with Crippen molar-refractivity contribution in [2.75, 3.05) is 6.61 Å². The van der Waals surface area contributed by atoms with Gasteiger partial charge in [0, 0.05) is 0 Å². The molecule has 0 aliphatic heterocycles. The highest BCUT2D eigenvalue weighted by Gasteiger charge is 2.28. The Morgan fingerprint density at radius 3 is 0.967 bits per heavy atom. The number of rotatable bonds is 50. The van der Waals surface area contributed by atoms with E-state index in [0.29, 0.717) is 12.8 Å². The van der Waals surface area contributed by atoms with Gasteiger partial charge in [-0.05, 0) is 38.5 Å². The molecule has 0 aliphatic rings. The SMILES string of the molecule is CCCCCCCCCCCCCC/C=C\CCCCCCCCCCCCC(O)C(=O)NC(CO)C(O)C(O)CCCCCCCCCCCCCCCCCCCC. The molecule has 0 rings (SSSR count). The number of allylic oxidation sites excluding steroid dienone is 2. The first-order valence-corrected chi connectivity index (χ1v) is 27.1. The Bertz CT molecular complexity index is 867. The Balaban J connectivity index is 3.62. The maximum Gasteiger partial charge on any atom is 0.249 e. The van der Waals surface area contributed by atoms with E-state index in [-0.39, 0.29) is 0 Å². The van der Waals surface area contributed by atoms with Gasteiger partial charge < -0.3 is 25.7 Å². The number of nitrogens with one attached hydrogen (secondary N) is 1. The molecule has 0 saturated carbocycles. The Labute approximate surface area is 374 Å². The minimum Gasteiger partial charge on any atom is -0.394 e. The smallest absolute Gasteiger partial charge is 0.249 e. The Morgan fingerprint density at radius 1 is 0.400 bits per heavy atom. The molecule has 0 bridgehead atoms. The van der Waals surface area contributed by atoms with Gasteiger partial charge in [0.15, 0.2) is 0 Å². The average Bonchev–Trinajstić information content (AvgIpc) is 3.25. The number of hydrogen-bond donors (Lipinski definition) is 5. The highest BCUT2D eigenvalue weighted by atomic mass is 16.3. The highest BCUT2D eigenvalue weighted by molar-refractivity contribution is 5.80. The summed E-state index contributed by atoms with van der Waals surface area (Å²) in [5.74, 6) is -0.580. The molecule has 0 aliphatic carbocycles. The molecule has 0 aromatic heterocycles. The van der Waals surface area contributed by atoms with Crippen LogP contribution >= 0.6 is 0 Å².